The number of aromatic nitrogens is 4. The van der Waals surface area contributed by atoms with E-state index in [1.54, 1.807) is 13.2 Å². The molecule has 1 amide bonds. The standard InChI is InChI=1S/C23H23N5O3/c1-15-4-7-18(12-16(15)2)20-10-11-21-26-27(23(30)28(21)25-20)14-22(29)24-13-17-5-8-19(31-3)9-6-17/h4-12H,13-14H2,1-3H3,(H,24,29). The first-order chi connectivity index (χ1) is 14.9. The van der Waals surface area contributed by atoms with Crippen molar-refractivity contribution < 1.29 is 9.53 Å². The number of carbonyl (C=O) groups excluding carboxylic acids is 1. The van der Waals surface area contributed by atoms with Crippen molar-refractivity contribution in [2.24, 2.45) is 0 Å². The third kappa shape index (κ3) is 4.32. The Bertz CT molecular complexity index is 1310. The maximum atomic E-state index is 12.7. The number of nitrogens with zero attached hydrogens (tertiary/aromatic N) is 4. The number of aryl methyl sites for hydroxylation is 2. The van der Waals surface area contributed by atoms with Crippen molar-refractivity contribution in [3.8, 4) is 17.0 Å². The zero-order chi connectivity index (χ0) is 22.0. The lowest BCUT2D eigenvalue weighted by molar-refractivity contribution is -0.122. The first-order valence-corrected chi connectivity index (χ1v) is 9.89. The number of rotatable bonds is 6. The Morgan fingerprint density at radius 2 is 1.77 bits per heavy atom. The van der Waals surface area contributed by atoms with Gasteiger partial charge in [0.2, 0.25) is 5.91 Å². The van der Waals surface area contributed by atoms with Crippen LogP contribution in [-0.2, 0) is 17.9 Å². The van der Waals surface area contributed by atoms with Crippen molar-refractivity contribution in [3.05, 3.63) is 81.8 Å². The Morgan fingerprint density at radius 1 is 1.00 bits per heavy atom. The fraction of sp³-hybridized carbons (Fsp3) is 0.217. The summed E-state index contributed by atoms with van der Waals surface area (Å²) in [6.07, 6.45) is 0. The summed E-state index contributed by atoms with van der Waals surface area (Å²) < 4.78 is 7.47. The first kappa shape index (κ1) is 20.3. The lowest BCUT2D eigenvalue weighted by Gasteiger charge is -2.06. The number of fused-ring (bicyclic) bond motifs is 1. The molecule has 2 aromatic heterocycles. The average Bonchev–Trinajstić information content (AvgIpc) is 3.09. The molecule has 2 aromatic carbocycles. The van der Waals surface area contributed by atoms with Crippen molar-refractivity contribution in [1.82, 2.24) is 24.7 Å². The van der Waals surface area contributed by atoms with Crippen LogP contribution in [0.3, 0.4) is 0 Å². The maximum Gasteiger partial charge on any atom is 0.367 e. The highest BCUT2D eigenvalue weighted by atomic mass is 16.5. The van der Waals surface area contributed by atoms with Gasteiger partial charge < -0.3 is 10.1 Å². The van der Waals surface area contributed by atoms with E-state index < -0.39 is 5.69 Å². The van der Waals surface area contributed by atoms with Gasteiger partial charge in [0.05, 0.1) is 12.8 Å². The van der Waals surface area contributed by atoms with E-state index in [1.165, 1.54) is 10.1 Å². The number of hydrogen-bond donors (Lipinski definition) is 1. The number of carbonyl (C=O) groups is 1. The molecule has 2 heterocycles. The van der Waals surface area contributed by atoms with Gasteiger partial charge in [-0.2, -0.15) is 9.61 Å². The molecule has 0 aliphatic rings. The number of amides is 1. The monoisotopic (exact) mass is 417 g/mol. The minimum Gasteiger partial charge on any atom is -0.497 e. The molecule has 4 aromatic rings. The number of hydrogen-bond acceptors (Lipinski definition) is 5. The highest BCUT2D eigenvalue weighted by molar-refractivity contribution is 5.75. The molecule has 0 aliphatic carbocycles. The summed E-state index contributed by atoms with van der Waals surface area (Å²) in [5.74, 6) is 0.440. The topological polar surface area (TPSA) is 90.5 Å². The van der Waals surface area contributed by atoms with E-state index in [2.05, 4.69) is 15.5 Å². The molecular formula is C23H23N5O3. The fourth-order valence-electron chi connectivity index (χ4n) is 3.20. The molecule has 0 bridgehead atoms. The molecule has 8 nitrogen and oxygen atoms in total. The van der Waals surface area contributed by atoms with Gasteiger partial charge >= 0.3 is 5.69 Å². The van der Waals surface area contributed by atoms with Gasteiger partial charge in [0.25, 0.3) is 0 Å². The van der Waals surface area contributed by atoms with Crippen LogP contribution >= 0.6 is 0 Å². The van der Waals surface area contributed by atoms with Crippen LogP contribution in [0.15, 0.2) is 59.4 Å². The maximum absolute atomic E-state index is 12.7. The molecule has 0 saturated carbocycles. The SMILES string of the molecule is COc1ccc(CNC(=O)Cn2nc3ccc(-c4ccc(C)c(C)c4)nn3c2=O)cc1. The quantitative estimate of drug-likeness (QED) is 0.521. The third-order valence-electron chi connectivity index (χ3n) is 5.18. The molecule has 8 heteroatoms. The molecule has 0 unspecified atom stereocenters. The minimum absolute atomic E-state index is 0.183. The normalized spacial score (nSPS) is 10.9. The predicted molar refractivity (Wildman–Crippen MR) is 117 cm³/mol. The van der Waals surface area contributed by atoms with Crippen molar-refractivity contribution in [3.63, 3.8) is 0 Å². The predicted octanol–water partition coefficient (Wildman–Crippen LogP) is 2.50. The van der Waals surface area contributed by atoms with Gasteiger partial charge in [0.1, 0.15) is 12.3 Å². The van der Waals surface area contributed by atoms with Crippen LogP contribution < -0.4 is 15.7 Å². The van der Waals surface area contributed by atoms with Gasteiger partial charge in [-0.3, -0.25) is 4.79 Å². The lowest BCUT2D eigenvalue weighted by atomic mass is 10.0. The smallest absolute Gasteiger partial charge is 0.367 e. The van der Waals surface area contributed by atoms with E-state index in [4.69, 9.17) is 4.74 Å². The Hall–Kier alpha value is -3.94. The van der Waals surface area contributed by atoms with E-state index in [0.29, 0.717) is 17.9 Å². The second-order valence-electron chi connectivity index (χ2n) is 7.35. The molecule has 0 aliphatic heterocycles. The van der Waals surface area contributed by atoms with Crippen LogP contribution in [0.25, 0.3) is 16.9 Å². The van der Waals surface area contributed by atoms with Crippen LogP contribution in [0.1, 0.15) is 16.7 Å². The van der Waals surface area contributed by atoms with Crippen LogP contribution in [0.2, 0.25) is 0 Å². The first-order valence-electron chi connectivity index (χ1n) is 9.89. The van der Waals surface area contributed by atoms with E-state index >= 15 is 0 Å². The molecule has 0 saturated heterocycles. The van der Waals surface area contributed by atoms with E-state index in [9.17, 15) is 9.59 Å². The van der Waals surface area contributed by atoms with Crippen molar-refractivity contribution in [2.45, 2.75) is 26.9 Å². The zero-order valence-corrected chi connectivity index (χ0v) is 17.6. The summed E-state index contributed by atoms with van der Waals surface area (Å²) in [6.45, 7) is 4.24. The van der Waals surface area contributed by atoms with E-state index in [1.807, 2.05) is 62.4 Å². The van der Waals surface area contributed by atoms with Crippen LogP contribution in [0, 0.1) is 13.8 Å². The number of nitrogens with one attached hydrogen (secondary N) is 1. The highest BCUT2D eigenvalue weighted by Gasteiger charge is 2.13. The van der Waals surface area contributed by atoms with Crippen LogP contribution in [0.4, 0.5) is 0 Å². The van der Waals surface area contributed by atoms with Crippen molar-refractivity contribution in [1.29, 1.82) is 0 Å². The molecule has 158 valence electrons. The van der Waals surface area contributed by atoms with E-state index in [0.717, 1.165) is 27.1 Å². The molecule has 0 atom stereocenters. The largest absolute Gasteiger partial charge is 0.497 e. The number of benzene rings is 2. The third-order valence-corrected chi connectivity index (χ3v) is 5.18. The molecule has 0 spiro atoms. The number of ether oxygens (including phenoxy) is 1. The summed E-state index contributed by atoms with van der Waals surface area (Å²) in [5.41, 5.74) is 4.78. The van der Waals surface area contributed by atoms with Gasteiger partial charge in [-0.05, 0) is 60.9 Å². The van der Waals surface area contributed by atoms with Crippen molar-refractivity contribution in [2.75, 3.05) is 7.11 Å². The van der Waals surface area contributed by atoms with E-state index in [-0.39, 0.29) is 12.5 Å². The highest BCUT2D eigenvalue weighted by Crippen LogP contribution is 2.20. The second-order valence-corrected chi connectivity index (χ2v) is 7.35. The summed E-state index contributed by atoms with van der Waals surface area (Å²) in [5, 5.41) is 11.5. The van der Waals surface area contributed by atoms with Crippen LogP contribution in [-0.4, -0.2) is 32.4 Å². The summed E-state index contributed by atoms with van der Waals surface area (Å²) in [6, 6.07) is 17.0. The summed E-state index contributed by atoms with van der Waals surface area (Å²) in [4.78, 5) is 25.1. The van der Waals surface area contributed by atoms with Crippen LogP contribution in [0.5, 0.6) is 5.75 Å². The average molecular weight is 417 g/mol. The molecule has 31 heavy (non-hydrogen) atoms. The van der Waals surface area contributed by atoms with Crippen molar-refractivity contribution >= 4 is 11.6 Å². The zero-order valence-electron chi connectivity index (χ0n) is 17.6. The molecule has 0 radical (unpaired) electrons. The molecule has 4 rings (SSSR count). The Kier molecular flexibility index (Phi) is 5.53. The molecule has 0 fully saturated rings. The summed E-state index contributed by atoms with van der Waals surface area (Å²) >= 11 is 0. The number of methoxy groups -OCH3 is 1. The molecule has 1 N–H and O–H groups in total. The Labute approximate surface area is 179 Å². The van der Waals surface area contributed by atoms with Gasteiger partial charge in [-0.25, -0.2) is 9.48 Å². The Balaban J connectivity index is 1.50. The van der Waals surface area contributed by atoms with Gasteiger partial charge in [-0.1, -0.05) is 24.3 Å². The second kappa shape index (κ2) is 8.43. The van der Waals surface area contributed by atoms with Gasteiger partial charge in [-0.15, -0.1) is 5.10 Å². The van der Waals surface area contributed by atoms with Gasteiger partial charge in [0, 0.05) is 12.1 Å². The van der Waals surface area contributed by atoms with Gasteiger partial charge in [0.15, 0.2) is 5.65 Å². The fourth-order valence-corrected chi connectivity index (χ4v) is 3.20. The minimum atomic E-state index is -0.458. The Morgan fingerprint density at radius 3 is 2.48 bits per heavy atom. The molecular weight excluding hydrogens is 394 g/mol. The lowest BCUT2D eigenvalue weighted by Crippen LogP contribution is -2.32. The summed E-state index contributed by atoms with van der Waals surface area (Å²) in [7, 11) is 1.60.